The Hall–Kier alpha value is -2.62. The van der Waals surface area contributed by atoms with Gasteiger partial charge < -0.3 is 15.6 Å². The number of hydrogen-bond donors (Lipinski definition) is 3. The number of nitrogens with zero attached hydrogens (tertiary/aromatic N) is 2. The van der Waals surface area contributed by atoms with Gasteiger partial charge in [-0.1, -0.05) is 19.0 Å². The van der Waals surface area contributed by atoms with Gasteiger partial charge in [-0.15, -0.1) is 11.6 Å². The Bertz CT molecular complexity index is 634. The van der Waals surface area contributed by atoms with E-state index in [9.17, 15) is 19.2 Å². The lowest BCUT2D eigenvalue weighted by atomic mass is 10.0. The molecule has 1 rings (SSSR count). The zero-order chi connectivity index (χ0) is 19.7. The molecule has 11 heteroatoms. The molecule has 4 amide bonds. The summed E-state index contributed by atoms with van der Waals surface area (Å²) in [6.07, 6.45) is 1.40. The lowest BCUT2D eigenvalue weighted by Gasteiger charge is -2.26. The number of aromatic nitrogens is 1. The Morgan fingerprint density at radius 1 is 1.35 bits per heavy atom. The van der Waals surface area contributed by atoms with Crippen molar-refractivity contribution in [2.24, 2.45) is 11.7 Å². The van der Waals surface area contributed by atoms with Crippen LogP contribution in [0.25, 0.3) is 0 Å². The second-order valence-corrected chi connectivity index (χ2v) is 6.18. The number of rotatable bonds is 9. The minimum absolute atomic E-state index is 0.0222. The Morgan fingerprint density at radius 3 is 2.54 bits per heavy atom. The van der Waals surface area contributed by atoms with E-state index in [1.165, 1.54) is 12.3 Å². The third-order valence-electron chi connectivity index (χ3n) is 3.24. The van der Waals surface area contributed by atoms with Crippen molar-refractivity contribution >= 4 is 35.2 Å². The van der Waals surface area contributed by atoms with Crippen LogP contribution in [0.3, 0.4) is 0 Å². The van der Waals surface area contributed by atoms with Gasteiger partial charge in [0.05, 0.1) is 6.54 Å². The first-order valence-electron chi connectivity index (χ1n) is 7.91. The van der Waals surface area contributed by atoms with Crippen LogP contribution in [-0.2, 0) is 14.4 Å². The molecule has 0 aromatic carbocycles. The molecule has 144 valence electrons. The molecule has 1 aromatic heterocycles. The molecule has 26 heavy (non-hydrogen) atoms. The fourth-order valence-corrected chi connectivity index (χ4v) is 2.16. The minimum atomic E-state index is -0.932. The standard InChI is InChI=1S/C15H22ClN5O5/c1-9(2)7-11(18-14(24)10-4-6-26-20-10)15(25)19-21(13(23)8-16)5-3-12(17)22/h4,6,9,11H,3,5,7-8H2,1-2H3,(H2,17,22)(H,18,24)(H,19,25). The van der Waals surface area contributed by atoms with Crippen LogP contribution in [-0.4, -0.2) is 52.3 Å². The second-order valence-electron chi connectivity index (χ2n) is 5.91. The Labute approximate surface area is 155 Å². The van der Waals surface area contributed by atoms with Crippen LogP contribution in [0.2, 0.25) is 0 Å². The van der Waals surface area contributed by atoms with E-state index >= 15 is 0 Å². The maximum Gasteiger partial charge on any atom is 0.274 e. The predicted molar refractivity (Wildman–Crippen MR) is 91.6 cm³/mol. The second kappa shape index (κ2) is 10.4. The van der Waals surface area contributed by atoms with E-state index in [-0.39, 0.29) is 30.5 Å². The molecule has 0 aliphatic carbocycles. The van der Waals surface area contributed by atoms with E-state index in [1.807, 2.05) is 13.8 Å². The molecule has 0 saturated carbocycles. The van der Waals surface area contributed by atoms with Gasteiger partial charge in [-0.2, -0.15) is 0 Å². The first-order chi connectivity index (χ1) is 12.2. The van der Waals surface area contributed by atoms with Crippen LogP contribution >= 0.6 is 11.6 Å². The van der Waals surface area contributed by atoms with Crippen molar-refractivity contribution in [3.05, 3.63) is 18.0 Å². The number of nitrogens with one attached hydrogen (secondary N) is 2. The minimum Gasteiger partial charge on any atom is -0.370 e. The third-order valence-corrected chi connectivity index (χ3v) is 3.47. The Kier molecular flexibility index (Phi) is 8.56. The predicted octanol–water partition coefficient (Wildman–Crippen LogP) is -0.207. The van der Waals surface area contributed by atoms with Gasteiger partial charge in [-0.05, 0) is 12.3 Å². The van der Waals surface area contributed by atoms with Gasteiger partial charge in [0, 0.05) is 12.5 Å². The molecule has 0 aliphatic heterocycles. The van der Waals surface area contributed by atoms with Gasteiger partial charge in [-0.25, -0.2) is 0 Å². The van der Waals surface area contributed by atoms with Crippen molar-refractivity contribution in [2.75, 3.05) is 12.4 Å². The third kappa shape index (κ3) is 7.09. The summed E-state index contributed by atoms with van der Waals surface area (Å²) < 4.78 is 4.60. The smallest absolute Gasteiger partial charge is 0.274 e. The molecule has 0 spiro atoms. The van der Waals surface area contributed by atoms with Crippen LogP contribution in [0.4, 0.5) is 0 Å². The summed E-state index contributed by atoms with van der Waals surface area (Å²) in [6.45, 7) is 3.62. The molecule has 1 heterocycles. The summed E-state index contributed by atoms with van der Waals surface area (Å²) in [5.41, 5.74) is 7.46. The quantitative estimate of drug-likeness (QED) is 0.394. The summed E-state index contributed by atoms with van der Waals surface area (Å²) in [4.78, 5) is 47.4. The number of primary amides is 1. The summed E-state index contributed by atoms with van der Waals surface area (Å²) in [5.74, 6) is -2.77. The van der Waals surface area contributed by atoms with Crippen LogP contribution in [0.1, 0.15) is 37.2 Å². The summed E-state index contributed by atoms with van der Waals surface area (Å²) in [5, 5.41) is 6.96. The van der Waals surface area contributed by atoms with E-state index in [4.69, 9.17) is 17.3 Å². The van der Waals surface area contributed by atoms with Gasteiger partial charge in [0.15, 0.2) is 5.69 Å². The van der Waals surface area contributed by atoms with Crippen molar-refractivity contribution in [3.63, 3.8) is 0 Å². The largest absolute Gasteiger partial charge is 0.370 e. The molecule has 0 radical (unpaired) electrons. The number of carbonyl (C=O) groups excluding carboxylic acids is 4. The molecular formula is C15H22ClN5O5. The van der Waals surface area contributed by atoms with Crippen LogP contribution in [0.5, 0.6) is 0 Å². The average Bonchev–Trinajstić information content (AvgIpc) is 3.11. The zero-order valence-corrected chi connectivity index (χ0v) is 15.3. The van der Waals surface area contributed by atoms with Crippen molar-refractivity contribution in [1.29, 1.82) is 0 Å². The molecule has 4 N–H and O–H groups in total. The SMILES string of the molecule is CC(C)CC(NC(=O)c1ccon1)C(=O)NN(CCC(N)=O)C(=O)CCl. The highest BCUT2D eigenvalue weighted by Gasteiger charge is 2.26. The fraction of sp³-hybridized carbons (Fsp3) is 0.533. The van der Waals surface area contributed by atoms with Gasteiger partial charge in [0.1, 0.15) is 18.2 Å². The normalized spacial score (nSPS) is 11.7. The van der Waals surface area contributed by atoms with E-state index < -0.39 is 29.7 Å². The van der Waals surface area contributed by atoms with Crippen LogP contribution < -0.4 is 16.5 Å². The molecule has 1 unspecified atom stereocenters. The molecule has 0 fully saturated rings. The van der Waals surface area contributed by atoms with Crippen LogP contribution in [0, 0.1) is 5.92 Å². The number of alkyl halides is 1. The molecule has 0 saturated heterocycles. The molecule has 1 aromatic rings. The molecule has 0 aliphatic rings. The van der Waals surface area contributed by atoms with E-state index in [0.29, 0.717) is 6.42 Å². The zero-order valence-electron chi connectivity index (χ0n) is 14.5. The number of hydrogen-bond acceptors (Lipinski definition) is 6. The first kappa shape index (κ1) is 21.4. The van der Waals surface area contributed by atoms with Gasteiger partial charge in [-0.3, -0.25) is 29.6 Å². The number of halogens is 1. The lowest BCUT2D eigenvalue weighted by Crippen LogP contribution is -2.55. The van der Waals surface area contributed by atoms with Crippen molar-refractivity contribution in [2.45, 2.75) is 32.7 Å². The monoisotopic (exact) mass is 387 g/mol. The maximum atomic E-state index is 12.5. The van der Waals surface area contributed by atoms with E-state index in [1.54, 1.807) is 0 Å². The van der Waals surface area contributed by atoms with Gasteiger partial charge >= 0.3 is 0 Å². The van der Waals surface area contributed by atoms with Gasteiger partial charge in [0.25, 0.3) is 17.7 Å². The van der Waals surface area contributed by atoms with Crippen molar-refractivity contribution < 1.29 is 23.7 Å². The van der Waals surface area contributed by atoms with E-state index in [2.05, 4.69) is 20.4 Å². The van der Waals surface area contributed by atoms with Crippen molar-refractivity contribution in [1.82, 2.24) is 20.9 Å². The first-order valence-corrected chi connectivity index (χ1v) is 8.44. The fourth-order valence-electron chi connectivity index (χ4n) is 2.01. The number of hydrazine groups is 1. The van der Waals surface area contributed by atoms with Crippen LogP contribution in [0.15, 0.2) is 16.9 Å². The molecular weight excluding hydrogens is 366 g/mol. The Morgan fingerprint density at radius 2 is 2.04 bits per heavy atom. The number of nitrogens with two attached hydrogens (primary N) is 1. The highest BCUT2D eigenvalue weighted by atomic mass is 35.5. The molecule has 10 nitrogen and oxygen atoms in total. The highest BCUT2D eigenvalue weighted by molar-refractivity contribution is 6.27. The number of carbonyl (C=O) groups is 4. The molecule has 0 bridgehead atoms. The summed E-state index contributed by atoms with van der Waals surface area (Å²) in [6, 6.07) is 0.425. The lowest BCUT2D eigenvalue weighted by molar-refractivity contribution is -0.141. The number of amides is 4. The molecule has 1 atom stereocenters. The topological polar surface area (TPSA) is 148 Å². The highest BCUT2D eigenvalue weighted by Crippen LogP contribution is 2.07. The summed E-state index contributed by atoms with van der Waals surface area (Å²) in [7, 11) is 0. The van der Waals surface area contributed by atoms with Crippen molar-refractivity contribution in [3.8, 4) is 0 Å². The summed E-state index contributed by atoms with van der Waals surface area (Å²) >= 11 is 5.51. The average molecular weight is 388 g/mol. The Balaban J connectivity index is 2.83. The van der Waals surface area contributed by atoms with Gasteiger partial charge in [0.2, 0.25) is 5.91 Å². The van der Waals surface area contributed by atoms with E-state index in [0.717, 1.165) is 5.01 Å². The maximum absolute atomic E-state index is 12.5.